The molecule has 18 heavy (non-hydrogen) atoms. The van der Waals surface area contributed by atoms with Crippen molar-refractivity contribution in [1.82, 2.24) is 14.8 Å². The molecule has 0 saturated heterocycles. The molecule has 1 aromatic rings. The third kappa shape index (κ3) is 4.14. The number of nitrogens with one attached hydrogen (secondary N) is 1. The first kappa shape index (κ1) is 15.3. The van der Waals surface area contributed by atoms with E-state index in [1.54, 1.807) is 0 Å². The summed E-state index contributed by atoms with van der Waals surface area (Å²) >= 11 is 0. The normalized spacial score (nSPS) is 11.8. The van der Waals surface area contributed by atoms with Crippen LogP contribution in [0.25, 0.3) is 0 Å². The molecule has 0 aliphatic heterocycles. The molecule has 3 heteroatoms. The Balaban J connectivity index is 2.24. The average molecular weight is 251 g/mol. The van der Waals surface area contributed by atoms with Crippen LogP contribution in [0.4, 0.5) is 0 Å². The monoisotopic (exact) mass is 251 g/mol. The van der Waals surface area contributed by atoms with E-state index in [9.17, 15) is 0 Å². The minimum Gasteiger partial charge on any atom is -0.352 e. The molecule has 0 aliphatic carbocycles. The molecule has 104 valence electrons. The van der Waals surface area contributed by atoms with Crippen LogP contribution in [0.15, 0.2) is 6.07 Å². The van der Waals surface area contributed by atoms with Crippen molar-refractivity contribution < 1.29 is 0 Å². The molecule has 3 nitrogen and oxygen atoms in total. The van der Waals surface area contributed by atoms with Gasteiger partial charge < -0.3 is 14.8 Å². The summed E-state index contributed by atoms with van der Waals surface area (Å²) in [6.07, 6.45) is 1.21. The third-order valence-corrected chi connectivity index (χ3v) is 3.94. The van der Waals surface area contributed by atoms with Crippen LogP contribution < -0.4 is 5.32 Å². The van der Waals surface area contributed by atoms with E-state index >= 15 is 0 Å². The summed E-state index contributed by atoms with van der Waals surface area (Å²) in [5.41, 5.74) is 4.13. The van der Waals surface area contributed by atoms with Crippen molar-refractivity contribution in [2.45, 2.75) is 46.7 Å². The number of aryl methyl sites for hydroxylation is 1. The lowest BCUT2D eigenvalue weighted by Crippen LogP contribution is -2.29. The molecule has 1 rings (SSSR count). The zero-order valence-corrected chi connectivity index (χ0v) is 12.9. The molecular weight excluding hydrogens is 222 g/mol. The van der Waals surface area contributed by atoms with E-state index in [2.05, 4.69) is 62.6 Å². The molecule has 1 N–H and O–H groups in total. The summed E-state index contributed by atoms with van der Waals surface area (Å²) in [5, 5.41) is 3.54. The highest BCUT2D eigenvalue weighted by molar-refractivity contribution is 5.26. The van der Waals surface area contributed by atoms with Crippen molar-refractivity contribution in [2.75, 3.05) is 20.1 Å². The Hall–Kier alpha value is -0.800. The highest BCUT2D eigenvalue weighted by Gasteiger charge is 2.05. The van der Waals surface area contributed by atoms with Gasteiger partial charge in [-0.15, -0.1) is 0 Å². The van der Waals surface area contributed by atoms with Gasteiger partial charge in [0.05, 0.1) is 0 Å². The lowest BCUT2D eigenvalue weighted by Gasteiger charge is -2.20. The maximum absolute atomic E-state index is 3.54. The second-order valence-electron chi connectivity index (χ2n) is 5.56. The topological polar surface area (TPSA) is 20.2 Å². The second kappa shape index (κ2) is 6.95. The Labute approximate surface area is 112 Å². The Morgan fingerprint density at radius 1 is 1.33 bits per heavy atom. The minimum atomic E-state index is 0.643. The zero-order chi connectivity index (χ0) is 13.7. The van der Waals surface area contributed by atoms with Crippen molar-refractivity contribution in [3.8, 4) is 0 Å². The Morgan fingerprint density at radius 2 is 2.00 bits per heavy atom. The quantitative estimate of drug-likeness (QED) is 0.751. The second-order valence-corrected chi connectivity index (χ2v) is 5.56. The summed E-state index contributed by atoms with van der Waals surface area (Å²) in [5.74, 6) is 0. The van der Waals surface area contributed by atoms with Crippen molar-refractivity contribution >= 4 is 0 Å². The summed E-state index contributed by atoms with van der Waals surface area (Å²) in [6.45, 7) is 12.1. The molecule has 0 saturated carbocycles. The van der Waals surface area contributed by atoms with Gasteiger partial charge in [0, 0.05) is 31.0 Å². The van der Waals surface area contributed by atoms with Gasteiger partial charge in [-0.05, 0) is 65.9 Å². The van der Waals surface area contributed by atoms with Crippen LogP contribution in [0, 0.1) is 13.8 Å². The van der Waals surface area contributed by atoms with E-state index in [-0.39, 0.29) is 0 Å². The van der Waals surface area contributed by atoms with Gasteiger partial charge in [-0.25, -0.2) is 0 Å². The van der Waals surface area contributed by atoms with Crippen LogP contribution in [0.5, 0.6) is 0 Å². The molecule has 0 amide bonds. The van der Waals surface area contributed by atoms with Crippen molar-refractivity contribution in [1.29, 1.82) is 0 Å². The van der Waals surface area contributed by atoms with E-state index in [1.807, 2.05) is 0 Å². The summed E-state index contributed by atoms with van der Waals surface area (Å²) < 4.78 is 2.25. The number of rotatable bonds is 7. The van der Waals surface area contributed by atoms with Crippen molar-refractivity contribution in [3.05, 3.63) is 23.0 Å². The first-order valence-corrected chi connectivity index (χ1v) is 6.96. The predicted octanol–water partition coefficient (Wildman–Crippen LogP) is 2.46. The van der Waals surface area contributed by atoms with E-state index in [4.69, 9.17) is 0 Å². The largest absolute Gasteiger partial charge is 0.352 e. The van der Waals surface area contributed by atoms with E-state index in [1.165, 1.54) is 23.4 Å². The molecular formula is C15H29N3. The van der Waals surface area contributed by atoms with Crippen LogP contribution in [-0.2, 0) is 13.6 Å². The van der Waals surface area contributed by atoms with Crippen LogP contribution in [-0.4, -0.2) is 35.6 Å². The predicted molar refractivity (Wildman–Crippen MR) is 79.0 cm³/mol. The molecule has 0 fully saturated rings. The van der Waals surface area contributed by atoms with Gasteiger partial charge in [-0.1, -0.05) is 0 Å². The van der Waals surface area contributed by atoms with Gasteiger partial charge in [0.25, 0.3) is 0 Å². The molecule has 0 bridgehead atoms. The molecule has 0 aromatic carbocycles. The molecule has 0 atom stereocenters. The van der Waals surface area contributed by atoms with Gasteiger partial charge in [-0.2, -0.15) is 0 Å². The van der Waals surface area contributed by atoms with E-state index in [0.29, 0.717) is 6.04 Å². The maximum Gasteiger partial charge on any atom is 0.0223 e. The first-order valence-electron chi connectivity index (χ1n) is 6.96. The number of aromatic nitrogens is 1. The Kier molecular flexibility index (Phi) is 5.89. The van der Waals surface area contributed by atoms with Gasteiger partial charge >= 0.3 is 0 Å². The maximum atomic E-state index is 3.54. The van der Waals surface area contributed by atoms with Crippen molar-refractivity contribution in [3.63, 3.8) is 0 Å². The summed E-state index contributed by atoms with van der Waals surface area (Å²) in [4.78, 5) is 2.39. The van der Waals surface area contributed by atoms with Gasteiger partial charge in [0.15, 0.2) is 0 Å². The number of nitrogens with zero attached hydrogens (tertiary/aromatic N) is 2. The average Bonchev–Trinajstić information content (AvgIpc) is 2.56. The molecule has 1 heterocycles. The minimum absolute atomic E-state index is 0.643. The SMILES string of the molecule is Cc1cc(CNCCCN(C)C(C)C)c(C)n1C. The molecule has 0 spiro atoms. The van der Waals surface area contributed by atoms with Crippen LogP contribution in [0.3, 0.4) is 0 Å². The summed E-state index contributed by atoms with van der Waals surface area (Å²) in [7, 11) is 4.32. The fourth-order valence-corrected chi connectivity index (χ4v) is 2.05. The van der Waals surface area contributed by atoms with Gasteiger partial charge in [0.2, 0.25) is 0 Å². The zero-order valence-electron chi connectivity index (χ0n) is 12.9. The van der Waals surface area contributed by atoms with Crippen LogP contribution in [0.1, 0.15) is 37.2 Å². The molecule has 1 aromatic heterocycles. The standard InChI is InChI=1S/C15H29N3/c1-12(2)17(5)9-7-8-16-11-15-10-13(3)18(6)14(15)4/h10,12,16H,7-9,11H2,1-6H3. The van der Waals surface area contributed by atoms with Crippen molar-refractivity contribution in [2.24, 2.45) is 7.05 Å². The summed E-state index contributed by atoms with van der Waals surface area (Å²) in [6, 6.07) is 2.92. The van der Waals surface area contributed by atoms with E-state index in [0.717, 1.165) is 19.6 Å². The fourth-order valence-electron chi connectivity index (χ4n) is 2.05. The Morgan fingerprint density at radius 3 is 2.50 bits per heavy atom. The molecule has 0 aliphatic rings. The number of hydrogen-bond donors (Lipinski definition) is 1. The van der Waals surface area contributed by atoms with Gasteiger partial charge in [-0.3, -0.25) is 0 Å². The lowest BCUT2D eigenvalue weighted by atomic mass is 10.2. The van der Waals surface area contributed by atoms with Gasteiger partial charge in [0.1, 0.15) is 0 Å². The molecule has 0 unspecified atom stereocenters. The number of hydrogen-bond acceptors (Lipinski definition) is 2. The lowest BCUT2D eigenvalue weighted by molar-refractivity contribution is 0.269. The van der Waals surface area contributed by atoms with E-state index < -0.39 is 0 Å². The fraction of sp³-hybridized carbons (Fsp3) is 0.733. The van der Waals surface area contributed by atoms with Crippen LogP contribution in [0.2, 0.25) is 0 Å². The first-order chi connectivity index (χ1) is 8.43. The molecule has 0 radical (unpaired) electrons. The smallest absolute Gasteiger partial charge is 0.0223 e. The third-order valence-electron chi connectivity index (χ3n) is 3.94. The highest BCUT2D eigenvalue weighted by atomic mass is 15.1. The highest BCUT2D eigenvalue weighted by Crippen LogP contribution is 2.12. The Bertz CT molecular complexity index is 366. The van der Waals surface area contributed by atoms with Crippen LogP contribution >= 0.6 is 0 Å².